The van der Waals surface area contributed by atoms with Crippen LogP contribution in [0, 0.1) is 6.92 Å². The monoisotopic (exact) mass is 451 g/mol. The van der Waals surface area contributed by atoms with Crippen molar-refractivity contribution in [2.75, 3.05) is 18.5 Å². The molecule has 1 amide bonds. The first-order valence-corrected chi connectivity index (χ1v) is 10.6. The molecular formula is C23H22FN5O4. The van der Waals surface area contributed by atoms with E-state index in [1.165, 1.54) is 6.20 Å². The summed E-state index contributed by atoms with van der Waals surface area (Å²) >= 11 is 0. The molecule has 3 aromatic heterocycles. The molecule has 3 heterocycles. The van der Waals surface area contributed by atoms with E-state index in [0.29, 0.717) is 47.3 Å². The molecule has 5 rings (SSSR count). The van der Waals surface area contributed by atoms with Gasteiger partial charge in [-0.3, -0.25) is 9.20 Å². The van der Waals surface area contributed by atoms with Gasteiger partial charge in [-0.1, -0.05) is 17.3 Å². The van der Waals surface area contributed by atoms with Crippen LogP contribution in [0.15, 0.2) is 47.2 Å². The molecule has 0 unspecified atom stereocenters. The van der Waals surface area contributed by atoms with Gasteiger partial charge in [-0.25, -0.2) is 9.37 Å². The number of alkyl halides is 1. The van der Waals surface area contributed by atoms with Gasteiger partial charge in [-0.05, 0) is 42.7 Å². The number of fused-ring (bicyclic) bond motifs is 1. The molecule has 0 saturated heterocycles. The number of halogens is 1. The third-order valence-corrected chi connectivity index (χ3v) is 5.53. The number of carbonyl (C=O) groups is 1. The molecule has 4 aromatic rings. The Morgan fingerprint density at radius 2 is 2.21 bits per heavy atom. The largest absolute Gasteiger partial charge is 0.394 e. The van der Waals surface area contributed by atoms with Gasteiger partial charge >= 0.3 is 0 Å². The van der Waals surface area contributed by atoms with Gasteiger partial charge in [-0.15, -0.1) is 0 Å². The highest BCUT2D eigenvalue weighted by Crippen LogP contribution is 2.43. The van der Waals surface area contributed by atoms with Gasteiger partial charge in [0.05, 0.1) is 31.9 Å². The minimum atomic E-state index is -0.916. The van der Waals surface area contributed by atoms with E-state index in [1.54, 1.807) is 16.7 Å². The standard InChI is InChI=1S/C23H22FN5O4/c1-13-2-3-15(21-27-23(33-28-21)16-10-17(16)24)9-18(13)26-22(31)19-11-25-20-8-14(4-5-29(19)20)12-32-7-6-30/h2-5,8-9,11,16-17,30H,6-7,10,12H2,1H3,(H,26,31)/t16-,17+/m1/s1. The van der Waals surface area contributed by atoms with Crippen LogP contribution >= 0.6 is 0 Å². The normalized spacial score (nSPS) is 17.4. The van der Waals surface area contributed by atoms with Crippen LogP contribution in [0.1, 0.15) is 39.8 Å². The molecule has 33 heavy (non-hydrogen) atoms. The summed E-state index contributed by atoms with van der Waals surface area (Å²) in [5, 5.41) is 15.7. The summed E-state index contributed by atoms with van der Waals surface area (Å²) in [7, 11) is 0. The summed E-state index contributed by atoms with van der Waals surface area (Å²) < 4.78 is 25.5. The fraction of sp³-hybridized carbons (Fsp3) is 0.304. The number of aliphatic hydroxyl groups excluding tert-OH is 1. The van der Waals surface area contributed by atoms with E-state index in [4.69, 9.17) is 14.4 Å². The van der Waals surface area contributed by atoms with Gasteiger partial charge < -0.3 is 19.7 Å². The minimum Gasteiger partial charge on any atom is -0.394 e. The number of nitrogens with zero attached hydrogens (tertiary/aromatic N) is 4. The fourth-order valence-electron chi connectivity index (χ4n) is 3.54. The molecule has 10 heteroatoms. The predicted molar refractivity (Wildman–Crippen MR) is 117 cm³/mol. The number of rotatable bonds is 8. The van der Waals surface area contributed by atoms with Gasteiger partial charge in [0.25, 0.3) is 5.91 Å². The first-order chi connectivity index (χ1) is 16.0. The molecule has 2 atom stereocenters. The molecule has 0 radical (unpaired) electrons. The summed E-state index contributed by atoms with van der Waals surface area (Å²) in [4.78, 5) is 21.6. The fourth-order valence-corrected chi connectivity index (χ4v) is 3.54. The van der Waals surface area contributed by atoms with Crippen LogP contribution < -0.4 is 5.32 Å². The zero-order chi connectivity index (χ0) is 22.9. The Balaban J connectivity index is 1.34. The molecular weight excluding hydrogens is 429 g/mol. The smallest absolute Gasteiger partial charge is 0.274 e. The van der Waals surface area contributed by atoms with Gasteiger partial charge in [0.15, 0.2) is 0 Å². The number of imidazole rings is 1. The lowest BCUT2D eigenvalue weighted by molar-refractivity contribution is 0.0815. The third kappa shape index (κ3) is 4.35. The lowest BCUT2D eigenvalue weighted by Gasteiger charge is -2.10. The molecule has 0 spiro atoms. The summed E-state index contributed by atoms with van der Waals surface area (Å²) in [6.45, 7) is 2.45. The Bertz CT molecular complexity index is 1320. The highest BCUT2D eigenvalue weighted by molar-refractivity contribution is 6.04. The number of aromatic nitrogens is 4. The molecule has 1 saturated carbocycles. The average Bonchev–Trinajstić information content (AvgIpc) is 3.19. The van der Waals surface area contributed by atoms with Crippen LogP contribution in [-0.4, -0.2) is 49.9 Å². The number of anilines is 1. The Morgan fingerprint density at radius 1 is 1.36 bits per heavy atom. The molecule has 1 aliphatic carbocycles. The number of hydrogen-bond donors (Lipinski definition) is 2. The summed E-state index contributed by atoms with van der Waals surface area (Å²) in [6, 6.07) is 9.11. The summed E-state index contributed by atoms with van der Waals surface area (Å²) in [5.74, 6) is 0.0210. The van der Waals surface area contributed by atoms with Crippen LogP contribution in [-0.2, 0) is 11.3 Å². The second-order valence-electron chi connectivity index (χ2n) is 7.98. The number of amides is 1. The van der Waals surface area contributed by atoms with Crippen molar-refractivity contribution in [3.05, 3.63) is 65.4 Å². The molecule has 1 aliphatic rings. The van der Waals surface area contributed by atoms with Crippen molar-refractivity contribution in [3.63, 3.8) is 0 Å². The van der Waals surface area contributed by atoms with Crippen molar-refractivity contribution in [1.82, 2.24) is 19.5 Å². The Labute approximate surface area is 188 Å². The average molecular weight is 451 g/mol. The predicted octanol–water partition coefficient (Wildman–Crippen LogP) is 3.28. The molecule has 0 aliphatic heterocycles. The Hall–Kier alpha value is -3.63. The van der Waals surface area contributed by atoms with E-state index in [9.17, 15) is 9.18 Å². The lowest BCUT2D eigenvalue weighted by atomic mass is 10.1. The summed E-state index contributed by atoms with van der Waals surface area (Å²) in [5.41, 5.74) is 4.00. The molecule has 9 nitrogen and oxygen atoms in total. The highest BCUT2D eigenvalue weighted by atomic mass is 19.1. The van der Waals surface area contributed by atoms with Gasteiger partial charge in [0.2, 0.25) is 11.7 Å². The van der Waals surface area contributed by atoms with Crippen LogP contribution in [0.25, 0.3) is 17.0 Å². The van der Waals surface area contributed by atoms with E-state index >= 15 is 0 Å². The van der Waals surface area contributed by atoms with Crippen molar-refractivity contribution < 1.29 is 23.6 Å². The van der Waals surface area contributed by atoms with Crippen LogP contribution in [0.4, 0.5) is 10.1 Å². The maximum Gasteiger partial charge on any atom is 0.274 e. The second-order valence-corrected chi connectivity index (χ2v) is 7.98. The first-order valence-electron chi connectivity index (χ1n) is 10.6. The zero-order valence-corrected chi connectivity index (χ0v) is 17.9. The van der Waals surface area contributed by atoms with Crippen LogP contribution in [0.2, 0.25) is 0 Å². The molecule has 0 bridgehead atoms. The van der Waals surface area contributed by atoms with E-state index in [0.717, 1.165) is 11.1 Å². The van der Waals surface area contributed by atoms with Crippen LogP contribution in [0.5, 0.6) is 0 Å². The first kappa shape index (κ1) is 21.2. The van der Waals surface area contributed by atoms with Gasteiger partial charge in [-0.2, -0.15) is 4.98 Å². The van der Waals surface area contributed by atoms with Crippen molar-refractivity contribution in [1.29, 1.82) is 0 Å². The van der Waals surface area contributed by atoms with E-state index in [-0.39, 0.29) is 25.0 Å². The van der Waals surface area contributed by atoms with E-state index in [1.807, 2.05) is 31.2 Å². The number of carbonyl (C=O) groups excluding carboxylic acids is 1. The number of benzene rings is 1. The van der Waals surface area contributed by atoms with Crippen LogP contribution in [0.3, 0.4) is 0 Å². The summed E-state index contributed by atoms with van der Waals surface area (Å²) in [6.07, 6.45) is 2.76. The second kappa shape index (κ2) is 8.72. The van der Waals surface area contributed by atoms with Crippen molar-refractivity contribution in [3.8, 4) is 11.4 Å². The maximum atomic E-state index is 13.3. The number of aliphatic hydroxyl groups is 1. The number of ether oxygens (including phenoxy) is 1. The lowest BCUT2D eigenvalue weighted by Crippen LogP contribution is -2.15. The van der Waals surface area contributed by atoms with Gasteiger partial charge in [0, 0.05) is 17.4 Å². The van der Waals surface area contributed by atoms with E-state index in [2.05, 4.69) is 20.4 Å². The molecule has 170 valence electrons. The van der Waals surface area contributed by atoms with Crippen molar-refractivity contribution in [2.45, 2.75) is 32.0 Å². The van der Waals surface area contributed by atoms with Crippen molar-refractivity contribution in [2.24, 2.45) is 0 Å². The molecule has 1 fully saturated rings. The zero-order valence-electron chi connectivity index (χ0n) is 17.9. The Kier molecular flexibility index (Phi) is 5.61. The maximum absolute atomic E-state index is 13.3. The minimum absolute atomic E-state index is 0.0386. The quantitative estimate of drug-likeness (QED) is 0.395. The third-order valence-electron chi connectivity index (χ3n) is 5.53. The highest BCUT2D eigenvalue weighted by Gasteiger charge is 2.43. The number of pyridine rings is 1. The Morgan fingerprint density at radius 3 is 3.00 bits per heavy atom. The SMILES string of the molecule is Cc1ccc(-c2noc([C@@H]3C[C@@H]3F)n2)cc1NC(=O)c1cnc2cc(COCCO)ccn12. The molecule has 2 N–H and O–H groups in total. The van der Waals surface area contributed by atoms with E-state index < -0.39 is 6.17 Å². The number of aryl methyl sites for hydroxylation is 1. The topological polar surface area (TPSA) is 115 Å². The number of hydrogen-bond acceptors (Lipinski definition) is 7. The van der Waals surface area contributed by atoms with Crippen molar-refractivity contribution >= 4 is 17.2 Å². The van der Waals surface area contributed by atoms with Gasteiger partial charge in [0.1, 0.15) is 17.5 Å². The number of nitrogens with one attached hydrogen (secondary N) is 1. The molecule has 1 aromatic carbocycles.